The van der Waals surface area contributed by atoms with E-state index in [9.17, 15) is 13.5 Å². The number of hydrogen-bond donors (Lipinski definition) is 2. The molecule has 4 nitrogen and oxygen atoms in total. The second-order valence-corrected chi connectivity index (χ2v) is 7.40. The van der Waals surface area contributed by atoms with Gasteiger partial charge < -0.3 is 5.11 Å². The third-order valence-electron chi connectivity index (χ3n) is 2.63. The van der Waals surface area contributed by atoms with Crippen molar-refractivity contribution in [2.75, 3.05) is 6.54 Å². The van der Waals surface area contributed by atoms with Crippen LogP contribution in [0.25, 0.3) is 0 Å². The van der Waals surface area contributed by atoms with Crippen molar-refractivity contribution in [3.8, 4) is 0 Å². The summed E-state index contributed by atoms with van der Waals surface area (Å²) in [6.45, 7) is 1.98. The molecule has 0 aromatic carbocycles. The molecule has 0 bridgehead atoms. The number of hydrogen-bond acceptors (Lipinski definition) is 4. The van der Waals surface area contributed by atoms with E-state index >= 15 is 0 Å². The second kappa shape index (κ2) is 4.44. The molecule has 6 heteroatoms. The minimum atomic E-state index is -3.43. The first-order valence-corrected chi connectivity index (χ1v) is 7.53. The standard InChI is InChI=1S/C10H15NO3S2/c1-7-2-5-10(15-7)16(13,14)11-6-9(12)8-3-4-8/h2,5,8-9,11-12H,3-4,6H2,1H3. The number of thiophene rings is 1. The smallest absolute Gasteiger partial charge is 0.250 e. The molecule has 0 amide bonds. The van der Waals surface area contributed by atoms with Crippen molar-refractivity contribution in [2.45, 2.75) is 30.1 Å². The lowest BCUT2D eigenvalue weighted by Crippen LogP contribution is -2.32. The Labute approximate surface area is 99.4 Å². The van der Waals surface area contributed by atoms with Gasteiger partial charge >= 0.3 is 0 Å². The Morgan fingerprint density at radius 1 is 1.56 bits per heavy atom. The summed E-state index contributed by atoms with van der Waals surface area (Å²) in [4.78, 5) is 0.961. The predicted octanol–water partition coefficient (Wildman–Crippen LogP) is 1.11. The Kier molecular flexibility index (Phi) is 3.34. The van der Waals surface area contributed by atoms with Crippen molar-refractivity contribution in [3.63, 3.8) is 0 Å². The van der Waals surface area contributed by atoms with Crippen LogP contribution in [0.4, 0.5) is 0 Å². The van der Waals surface area contributed by atoms with Crippen LogP contribution in [0.1, 0.15) is 17.7 Å². The largest absolute Gasteiger partial charge is 0.391 e. The van der Waals surface area contributed by atoms with E-state index in [4.69, 9.17) is 0 Å². The first kappa shape index (κ1) is 12.0. The maximum absolute atomic E-state index is 11.8. The summed E-state index contributed by atoms with van der Waals surface area (Å²) in [5.41, 5.74) is 0. The molecule has 0 aliphatic heterocycles. The van der Waals surface area contributed by atoms with Crippen molar-refractivity contribution in [2.24, 2.45) is 5.92 Å². The molecule has 0 spiro atoms. The van der Waals surface area contributed by atoms with Crippen molar-refractivity contribution in [1.82, 2.24) is 4.72 Å². The zero-order valence-electron chi connectivity index (χ0n) is 9.01. The highest BCUT2D eigenvalue weighted by Gasteiger charge is 2.30. The molecule has 1 aliphatic rings. The van der Waals surface area contributed by atoms with Crippen LogP contribution in [0.5, 0.6) is 0 Å². The van der Waals surface area contributed by atoms with Crippen LogP contribution >= 0.6 is 11.3 Å². The highest BCUT2D eigenvalue weighted by Crippen LogP contribution is 2.32. The lowest BCUT2D eigenvalue weighted by Gasteiger charge is -2.09. The Balaban J connectivity index is 1.97. The van der Waals surface area contributed by atoms with Crippen LogP contribution in [0.3, 0.4) is 0 Å². The number of rotatable bonds is 5. The van der Waals surface area contributed by atoms with Gasteiger partial charge in [0.15, 0.2) is 0 Å². The summed E-state index contributed by atoms with van der Waals surface area (Å²) in [5, 5.41) is 9.58. The summed E-state index contributed by atoms with van der Waals surface area (Å²) < 4.78 is 26.3. The van der Waals surface area contributed by atoms with E-state index in [-0.39, 0.29) is 12.5 Å². The average Bonchev–Trinajstić information content (AvgIpc) is 2.98. The Morgan fingerprint density at radius 2 is 2.25 bits per heavy atom. The van der Waals surface area contributed by atoms with E-state index in [1.165, 1.54) is 11.3 Å². The summed E-state index contributed by atoms with van der Waals surface area (Å²) in [6.07, 6.45) is 1.46. The number of aliphatic hydroxyl groups is 1. The van der Waals surface area contributed by atoms with Gasteiger partial charge in [-0.2, -0.15) is 0 Å². The normalized spacial score (nSPS) is 18.6. The lowest BCUT2D eigenvalue weighted by molar-refractivity contribution is 0.155. The molecule has 1 saturated carbocycles. The first-order valence-electron chi connectivity index (χ1n) is 5.23. The highest BCUT2D eigenvalue weighted by molar-refractivity contribution is 7.91. The maximum Gasteiger partial charge on any atom is 0.250 e. The molecular formula is C10H15NO3S2. The molecule has 16 heavy (non-hydrogen) atoms. The highest BCUT2D eigenvalue weighted by atomic mass is 32.2. The number of nitrogens with one attached hydrogen (secondary N) is 1. The third kappa shape index (κ3) is 2.82. The lowest BCUT2D eigenvalue weighted by atomic mass is 10.2. The molecule has 1 aromatic rings. The third-order valence-corrected chi connectivity index (χ3v) is 5.55. The zero-order valence-corrected chi connectivity index (χ0v) is 10.6. The Hall–Kier alpha value is -0.430. The van der Waals surface area contributed by atoms with Crippen LogP contribution in [0.15, 0.2) is 16.3 Å². The van der Waals surface area contributed by atoms with Crippen molar-refractivity contribution in [1.29, 1.82) is 0 Å². The fourth-order valence-electron chi connectivity index (χ4n) is 1.47. The topological polar surface area (TPSA) is 66.4 Å². The van der Waals surface area contributed by atoms with E-state index in [0.29, 0.717) is 4.21 Å². The molecular weight excluding hydrogens is 246 g/mol. The molecule has 2 N–H and O–H groups in total. The van der Waals surface area contributed by atoms with Gasteiger partial charge in [-0.15, -0.1) is 11.3 Å². The molecule has 1 heterocycles. The second-order valence-electron chi connectivity index (χ2n) is 4.12. The molecule has 1 aromatic heterocycles. The van der Waals surface area contributed by atoms with Crippen molar-refractivity contribution in [3.05, 3.63) is 17.0 Å². The van der Waals surface area contributed by atoms with Gasteiger partial charge in [-0.1, -0.05) is 0 Å². The quantitative estimate of drug-likeness (QED) is 0.834. The number of aryl methyl sites for hydroxylation is 1. The van der Waals surface area contributed by atoms with Crippen LogP contribution in [0.2, 0.25) is 0 Å². The molecule has 1 aliphatic carbocycles. The molecule has 1 unspecified atom stereocenters. The van der Waals surface area contributed by atoms with E-state index in [0.717, 1.165) is 17.7 Å². The summed E-state index contributed by atoms with van der Waals surface area (Å²) in [5.74, 6) is 0.285. The fourth-order valence-corrected chi connectivity index (χ4v) is 3.85. The van der Waals surface area contributed by atoms with Gasteiger partial charge in [-0.25, -0.2) is 13.1 Å². The fraction of sp³-hybridized carbons (Fsp3) is 0.600. The summed E-state index contributed by atoms with van der Waals surface area (Å²) >= 11 is 1.24. The molecule has 0 radical (unpaired) electrons. The minimum absolute atomic E-state index is 0.115. The van der Waals surface area contributed by atoms with Gasteiger partial charge in [0.2, 0.25) is 10.0 Å². The molecule has 90 valence electrons. The van der Waals surface area contributed by atoms with Gasteiger partial charge in [-0.3, -0.25) is 0 Å². The van der Waals surface area contributed by atoms with Crippen molar-refractivity contribution < 1.29 is 13.5 Å². The van der Waals surface area contributed by atoms with Crippen LogP contribution in [-0.2, 0) is 10.0 Å². The number of aliphatic hydroxyl groups excluding tert-OH is 1. The van der Waals surface area contributed by atoms with Gasteiger partial charge in [0.25, 0.3) is 0 Å². The zero-order chi connectivity index (χ0) is 11.8. The number of sulfonamides is 1. The molecule has 1 fully saturated rings. The Bertz CT molecular complexity index is 462. The summed E-state index contributed by atoms with van der Waals surface area (Å²) in [7, 11) is -3.43. The average molecular weight is 261 g/mol. The first-order chi connectivity index (χ1) is 7.49. The van der Waals surface area contributed by atoms with E-state index < -0.39 is 16.1 Å². The van der Waals surface area contributed by atoms with Gasteiger partial charge in [-0.05, 0) is 37.8 Å². The molecule has 2 rings (SSSR count). The maximum atomic E-state index is 11.8. The van der Waals surface area contributed by atoms with Gasteiger partial charge in [0.05, 0.1) is 6.10 Å². The molecule has 0 saturated heterocycles. The van der Waals surface area contributed by atoms with Gasteiger partial charge in [0.1, 0.15) is 4.21 Å². The SMILES string of the molecule is Cc1ccc(S(=O)(=O)NCC(O)C2CC2)s1. The van der Waals surface area contributed by atoms with E-state index in [1.54, 1.807) is 12.1 Å². The van der Waals surface area contributed by atoms with E-state index in [1.807, 2.05) is 6.92 Å². The van der Waals surface area contributed by atoms with Crippen LogP contribution in [0, 0.1) is 12.8 Å². The monoisotopic (exact) mass is 261 g/mol. The van der Waals surface area contributed by atoms with Crippen molar-refractivity contribution >= 4 is 21.4 Å². The van der Waals surface area contributed by atoms with E-state index in [2.05, 4.69) is 4.72 Å². The van der Waals surface area contributed by atoms with Crippen LogP contribution < -0.4 is 4.72 Å². The Morgan fingerprint density at radius 3 is 2.75 bits per heavy atom. The molecule has 1 atom stereocenters. The minimum Gasteiger partial charge on any atom is -0.391 e. The predicted molar refractivity (Wildman–Crippen MR) is 63.0 cm³/mol. The van der Waals surface area contributed by atoms with Gasteiger partial charge in [0, 0.05) is 11.4 Å². The van der Waals surface area contributed by atoms with Crippen LogP contribution in [-0.4, -0.2) is 26.2 Å². The summed E-state index contributed by atoms with van der Waals surface area (Å²) in [6, 6.07) is 3.36.